The van der Waals surface area contributed by atoms with E-state index < -0.39 is 0 Å². The predicted molar refractivity (Wildman–Crippen MR) is 64.8 cm³/mol. The van der Waals surface area contributed by atoms with Gasteiger partial charge in [-0.2, -0.15) is 0 Å². The average Bonchev–Trinajstić information content (AvgIpc) is 3.14. The summed E-state index contributed by atoms with van der Waals surface area (Å²) in [6.45, 7) is 3.53. The van der Waals surface area contributed by atoms with Crippen molar-refractivity contribution in [2.45, 2.75) is 13.0 Å². The van der Waals surface area contributed by atoms with E-state index in [0.717, 1.165) is 12.3 Å². The smallest absolute Gasteiger partial charge is 0.250 e. The second-order valence-corrected chi connectivity index (χ2v) is 4.28. The molecule has 17 heavy (non-hydrogen) atoms. The zero-order valence-corrected chi connectivity index (χ0v) is 9.89. The summed E-state index contributed by atoms with van der Waals surface area (Å²) in [6, 6.07) is 9.35. The lowest BCUT2D eigenvalue weighted by Crippen LogP contribution is -2.21. The zero-order chi connectivity index (χ0) is 12.1. The second kappa shape index (κ2) is 5.80. The number of hydrogen-bond donors (Lipinski definition) is 1. The highest BCUT2D eigenvalue weighted by atomic mass is 16.6. The van der Waals surface area contributed by atoms with Crippen LogP contribution >= 0.6 is 0 Å². The van der Waals surface area contributed by atoms with Crippen molar-refractivity contribution in [3.05, 3.63) is 30.3 Å². The van der Waals surface area contributed by atoms with Crippen molar-refractivity contribution in [2.75, 3.05) is 25.1 Å². The van der Waals surface area contributed by atoms with Crippen LogP contribution in [0.1, 0.15) is 6.92 Å². The summed E-state index contributed by atoms with van der Waals surface area (Å²) >= 11 is 0. The fraction of sp³-hybridized carbons (Fsp3) is 0.462. The Morgan fingerprint density at radius 1 is 1.53 bits per heavy atom. The number of para-hydroxylation sites is 1. The van der Waals surface area contributed by atoms with Crippen molar-refractivity contribution in [2.24, 2.45) is 5.92 Å². The number of benzene rings is 1. The number of epoxide rings is 1. The number of nitrogens with one attached hydrogen (secondary N) is 1. The summed E-state index contributed by atoms with van der Waals surface area (Å²) in [5.41, 5.74) is 0.791. The molecular formula is C13H17NO3. The van der Waals surface area contributed by atoms with E-state index in [2.05, 4.69) is 12.2 Å². The Balaban J connectivity index is 1.64. The molecule has 2 unspecified atom stereocenters. The maximum absolute atomic E-state index is 11.5. The summed E-state index contributed by atoms with van der Waals surface area (Å²) in [4.78, 5) is 11.5. The van der Waals surface area contributed by atoms with Gasteiger partial charge in [-0.15, -0.1) is 0 Å². The van der Waals surface area contributed by atoms with Crippen LogP contribution in [0.5, 0.6) is 0 Å². The summed E-state index contributed by atoms with van der Waals surface area (Å²) in [6.07, 6.45) is 0.326. The Bertz CT molecular complexity index is 362. The Hall–Kier alpha value is -1.39. The molecule has 0 bridgehead atoms. The molecule has 0 saturated carbocycles. The molecule has 0 aliphatic carbocycles. The Labute approximate surface area is 101 Å². The first-order valence-electron chi connectivity index (χ1n) is 5.80. The topological polar surface area (TPSA) is 50.9 Å². The molecule has 1 heterocycles. The normalized spacial score (nSPS) is 19.7. The molecule has 1 saturated heterocycles. The summed E-state index contributed by atoms with van der Waals surface area (Å²) < 4.78 is 10.5. The lowest BCUT2D eigenvalue weighted by Gasteiger charge is -2.09. The van der Waals surface area contributed by atoms with Crippen LogP contribution in [-0.2, 0) is 14.3 Å². The predicted octanol–water partition coefficient (Wildman–Crippen LogP) is 1.68. The van der Waals surface area contributed by atoms with Crippen LogP contribution in [0.4, 0.5) is 5.69 Å². The van der Waals surface area contributed by atoms with Gasteiger partial charge < -0.3 is 14.8 Å². The molecule has 92 valence electrons. The highest BCUT2D eigenvalue weighted by Crippen LogP contribution is 2.19. The van der Waals surface area contributed by atoms with E-state index in [-0.39, 0.29) is 12.5 Å². The van der Waals surface area contributed by atoms with Gasteiger partial charge in [0.2, 0.25) is 5.91 Å². The van der Waals surface area contributed by atoms with Crippen LogP contribution in [0.15, 0.2) is 30.3 Å². The fourth-order valence-electron chi connectivity index (χ4n) is 1.55. The molecule has 4 heteroatoms. The van der Waals surface area contributed by atoms with Gasteiger partial charge in [-0.1, -0.05) is 25.1 Å². The van der Waals surface area contributed by atoms with E-state index in [4.69, 9.17) is 9.47 Å². The number of amides is 1. The van der Waals surface area contributed by atoms with Crippen molar-refractivity contribution in [1.29, 1.82) is 0 Å². The highest BCUT2D eigenvalue weighted by molar-refractivity contribution is 5.91. The lowest BCUT2D eigenvalue weighted by molar-refractivity contribution is -0.121. The minimum atomic E-state index is -0.125. The molecule has 4 nitrogen and oxygen atoms in total. The van der Waals surface area contributed by atoms with Gasteiger partial charge in [-0.25, -0.2) is 0 Å². The molecule has 1 fully saturated rings. The molecule has 1 amide bonds. The van der Waals surface area contributed by atoms with E-state index >= 15 is 0 Å². The van der Waals surface area contributed by atoms with Crippen LogP contribution in [0.2, 0.25) is 0 Å². The largest absolute Gasteiger partial charge is 0.373 e. The average molecular weight is 235 g/mol. The second-order valence-electron chi connectivity index (χ2n) is 4.28. The Morgan fingerprint density at radius 2 is 2.24 bits per heavy atom. The fourth-order valence-corrected chi connectivity index (χ4v) is 1.55. The third-order valence-electron chi connectivity index (χ3n) is 2.67. The number of carbonyl (C=O) groups excluding carboxylic acids is 1. The molecule has 1 aromatic carbocycles. The van der Waals surface area contributed by atoms with Gasteiger partial charge in [0.05, 0.1) is 19.3 Å². The minimum Gasteiger partial charge on any atom is -0.373 e. The van der Waals surface area contributed by atoms with E-state index in [1.165, 1.54) is 0 Å². The van der Waals surface area contributed by atoms with Crippen LogP contribution in [0, 0.1) is 5.92 Å². The third-order valence-corrected chi connectivity index (χ3v) is 2.67. The van der Waals surface area contributed by atoms with Gasteiger partial charge >= 0.3 is 0 Å². The molecule has 0 aromatic heterocycles. The number of rotatable bonds is 6. The van der Waals surface area contributed by atoms with Crippen LogP contribution < -0.4 is 5.32 Å². The maximum atomic E-state index is 11.5. The molecule has 1 aliphatic rings. The van der Waals surface area contributed by atoms with Crippen molar-refractivity contribution >= 4 is 11.6 Å². The van der Waals surface area contributed by atoms with Crippen LogP contribution in [0.3, 0.4) is 0 Å². The highest BCUT2D eigenvalue weighted by Gasteiger charge is 2.29. The zero-order valence-electron chi connectivity index (χ0n) is 9.89. The molecule has 2 rings (SSSR count). The van der Waals surface area contributed by atoms with Gasteiger partial charge in [-0.3, -0.25) is 4.79 Å². The van der Waals surface area contributed by atoms with Crippen molar-refractivity contribution in [3.8, 4) is 0 Å². The molecule has 1 aromatic rings. The SMILES string of the molecule is CC(COCC(=O)Nc1ccccc1)C1CO1. The third kappa shape index (κ3) is 4.17. The van der Waals surface area contributed by atoms with E-state index in [0.29, 0.717) is 18.6 Å². The van der Waals surface area contributed by atoms with Crippen molar-refractivity contribution < 1.29 is 14.3 Å². The standard InChI is InChI=1S/C13H17NO3/c1-10(12-8-17-12)7-16-9-13(15)14-11-5-3-2-4-6-11/h2-6,10,12H,7-9H2,1H3,(H,14,15). The monoisotopic (exact) mass is 235 g/mol. The molecule has 1 N–H and O–H groups in total. The molecule has 0 spiro atoms. The van der Waals surface area contributed by atoms with Crippen molar-refractivity contribution in [3.63, 3.8) is 0 Å². The molecule has 2 atom stereocenters. The molecule has 1 aliphatic heterocycles. The quantitative estimate of drug-likeness (QED) is 0.763. The first kappa shape index (κ1) is 12.1. The molecular weight excluding hydrogens is 218 g/mol. The van der Waals surface area contributed by atoms with Crippen molar-refractivity contribution in [1.82, 2.24) is 0 Å². The number of anilines is 1. The van der Waals surface area contributed by atoms with Gasteiger partial charge in [0.15, 0.2) is 0 Å². The van der Waals surface area contributed by atoms with E-state index in [1.54, 1.807) is 0 Å². The minimum absolute atomic E-state index is 0.0892. The van der Waals surface area contributed by atoms with Crippen LogP contribution in [0.25, 0.3) is 0 Å². The summed E-state index contributed by atoms with van der Waals surface area (Å²) in [5, 5.41) is 2.77. The Morgan fingerprint density at radius 3 is 2.88 bits per heavy atom. The van der Waals surface area contributed by atoms with Gasteiger partial charge in [0, 0.05) is 11.6 Å². The number of hydrogen-bond acceptors (Lipinski definition) is 3. The van der Waals surface area contributed by atoms with E-state index in [1.807, 2.05) is 30.3 Å². The lowest BCUT2D eigenvalue weighted by atomic mass is 10.1. The van der Waals surface area contributed by atoms with Gasteiger partial charge in [0.25, 0.3) is 0 Å². The summed E-state index contributed by atoms with van der Waals surface area (Å²) in [5.74, 6) is 0.236. The van der Waals surface area contributed by atoms with E-state index in [9.17, 15) is 4.79 Å². The van der Waals surface area contributed by atoms with Gasteiger partial charge in [-0.05, 0) is 12.1 Å². The van der Waals surface area contributed by atoms with Gasteiger partial charge in [0.1, 0.15) is 6.61 Å². The first-order valence-corrected chi connectivity index (χ1v) is 5.80. The summed E-state index contributed by atoms with van der Waals surface area (Å²) in [7, 11) is 0. The maximum Gasteiger partial charge on any atom is 0.250 e. The molecule has 0 radical (unpaired) electrons. The van der Waals surface area contributed by atoms with Crippen LogP contribution in [-0.4, -0.2) is 31.8 Å². The Kier molecular flexibility index (Phi) is 4.12. The first-order chi connectivity index (χ1) is 8.25. The number of carbonyl (C=O) groups is 1. The number of ether oxygens (including phenoxy) is 2.